The Balaban J connectivity index is 1.25. The molecule has 7 heteroatoms. The molecule has 3 aromatic carbocycles. The number of aryl methyl sites for hydroxylation is 1. The van der Waals surface area contributed by atoms with E-state index in [1.807, 2.05) is 71.6 Å². The van der Waals surface area contributed by atoms with E-state index in [0.717, 1.165) is 70.8 Å². The molecule has 0 spiro atoms. The molecule has 0 radical (unpaired) electrons. The summed E-state index contributed by atoms with van der Waals surface area (Å²) in [5, 5.41) is 5.74. The van der Waals surface area contributed by atoms with E-state index >= 15 is 0 Å². The van der Waals surface area contributed by atoms with Gasteiger partial charge in [0.2, 0.25) is 0 Å². The van der Waals surface area contributed by atoms with Crippen molar-refractivity contribution >= 4 is 28.9 Å². The molecule has 6 nitrogen and oxygen atoms in total. The van der Waals surface area contributed by atoms with Gasteiger partial charge in [-0.15, -0.1) is 0 Å². The van der Waals surface area contributed by atoms with Gasteiger partial charge < -0.3 is 9.64 Å². The molecule has 3 heterocycles. The molecule has 1 aromatic heterocycles. The highest BCUT2D eigenvalue weighted by Crippen LogP contribution is 2.35. The van der Waals surface area contributed by atoms with E-state index < -0.39 is 0 Å². The van der Waals surface area contributed by atoms with Crippen LogP contribution in [0.3, 0.4) is 0 Å². The zero-order chi connectivity index (χ0) is 27.5. The summed E-state index contributed by atoms with van der Waals surface area (Å²) in [5.74, 6) is 1.33. The van der Waals surface area contributed by atoms with E-state index in [-0.39, 0.29) is 5.91 Å². The van der Waals surface area contributed by atoms with Crippen LogP contribution in [-0.2, 0) is 11.4 Å². The maximum absolute atomic E-state index is 12.9. The quantitative estimate of drug-likeness (QED) is 0.240. The number of benzene rings is 3. The number of thioether (sulfide) groups is 1. The van der Waals surface area contributed by atoms with Gasteiger partial charge in [-0.25, -0.2) is 4.68 Å². The largest absolute Gasteiger partial charge is 0.489 e. The second kappa shape index (κ2) is 11.6. The summed E-state index contributed by atoms with van der Waals surface area (Å²) in [5.41, 5.74) is 5.94. The Labute approximate surface area is 239 Å². The molecule has 40 heavy (non-hydrogen) atoms. The number of rotatable bonds is 6. The average molecular weight is 549 g/mol. The molecule has 2 aliphatic rings. The minimum atomic E-state index is -0.183. The number of hydrogen-bond donors (Lipinski definition) is 0. The third-order valence-corrected chi connectivity index (χ3v) is 8.41. The van der Waals surface area contributed by atoms with Crippen LogP contribution < -0.4 is 4.74 Å². The Kier molecular flexibility index (Phi) is 7.55. The SMILES string of the molecule is Cc1ccc(COc2ccc(-c3nn(-c4ccccc4)cc3/C=C3\SC(N4CCC(C)CC4)=NC3=O)cc2)cc1. The van der Waals surface area contributed by atoms with E-state index in [9.17, 15) is 4.79 Å². The highest BCUT2D eigenvalue weighted by atomic mass is 32.2. The second-order valence-electron chi connectivity index (χ2n) is 10.5. The lowest BCUT2D eigenvalue weighted by molar-refractivity contribution is -0.113. The Morgan fingerprint density at radius 3 is 2.42 bits per heavy atom. The van der Waals surface area contributed by atoms with Gasteiger partial charge in [0.05, 0.1) is 16.3 Å². The molecule has 1 fully saturated rings. The van der Waals surface area contributed by atoms with Crippen molar-refractivity contribution in [1.82, 2.24) is 14.7 Å². The second-order valence-corrected chi connectivity index (χ2v) is 11.5. The van der Waals surface area contributed by atoms with Gasteiger partial charge in [0.15, 0.2) is 5.17 Å². The molecule has 0 saturated carbocycles. The Morgan fingerprint density at radius 2 is 1.70 bits per heavy atom. The number of piperidine rings is 1. The van der Waals surface area contributed by atoms with Crippen LogP contribution in [0.5, 0.6) is 5.75 Å². The highest BCUT2D eigenvalue weighted by Gasteiger charge is 2.28. The lowest BCUT2D eigenvalue weighted by Gasteiger charge is -2.30. The first kappa shape index (κ1) is 26.1. The molecular weight excluding hydrogens is 516 g/mol. The van der Waals surface area contributed by atoms with Crippen LogP contribution in [0.15, 0.2) is 95.0 Å². The number of aliphatic imine (C=N–C) groups is 1. The lowest BCUT2D eigenvalue weighted by atomic mass is 10.00. The topological polar surface area (TPSA) is 59.7 Å². The van der Waals surface area contributed by atoms with Crippen molar-refractivity contribution < 1.29 is 9.53 Å². The molecule has 2 aliphatic heterocycles. The number of nitrogens with zero attached hydrogens (tertiary/aromatic N) is 4. The van der Waals surface area contributed by atoms with Crippen molar-refractivity contribution in [2.24, 2.45) is 10.9 Å². The molecule has 0 bridgehead atoms. The van der Waals surface area contributed by atoms with Crippen molar-refractivity contribution in [2.45, 2.75) is 33.3 Å². The normalized spacial score (nSPS) is 16.9. The van der Waals surface area contributed by atoms with Crippen LogP contribution in [-0.4, -0.2) is 38.8 Å². The van der Waals surface area contributed by atoms with Crippen molar-refractivity contribution in [3.05, 3.63) is 107 Å². The number of carbonyl (C=O) groups is 1. The average Bonchev–Trinajstić information content (AvgIpc) is 3.57. The van der Waals surface area contributed by atoms with Crippen molar-refractivity contribution in [1.29, 1.82) is 0 Å². The van der Waals surface area contributed by atoms with E-state index in [4.69, 9.17) is 9.84 Å². The zero-order valence-electron chi connectivity index (χ0n) is 22.8. The maximum Gasteiger partial charge on any atom is 0.286 e. The summed E-state index contributed by atoms with van der Waals surface area (Å²) in [7, 11) is 0. The lowest BCUT2D eigenvalue weighted by Crippen LogP contribution is -2.35. The van der Waals surface area contributed by atoms with E-state index in [0.29, 0.717) is 11.5 Å². The predicted molar refractivity (Wildman–Crippen MR) is 162 cm³/mol. The fraction of sp³-hybridized carbons (Fsp3) is 0.242. The fourth-order valence-electron chi connectivity index (χ4n) is 4.86. The Bertz CT molecular complexity index is 1550. The molecule has 0 unspecified atom stereocenters. The van der Waals surface area contributed by atoms with Crippen LogP contribution in [0.4, 0.5) is 0 Å². The van der Waals surface area contributed by atoms with E-state index in [1.54, 1.807) is 0 Å². The van der Waals surface area contributed by atoms with Gasteiger partial charge in [0.1, 0.15) is 12.4 Å². The summed E-state index contributed by atoms with van der Waals surface area (Å²) in [6, 6.07) is 26.3. The van der Waals surface area contributed by atoms with Crippen LogP contribution in [0.2, 0.25) is 0 Å². The van der Waals surface area contributed by atoms with E-state index in [1.165, 1.54) is 17.3 Å². The Morgan fingerprint density at radius 1 is 0.975 bits per heavy atom. The van der Waals surface area contributed by atoms with Crippen molar-refractivity contribution in [3.8, 4) is 22.7 Å². The molecule has 202 valence electrons. The minimum Gasteiger partial charge on any atom is -0.489 e. The molecular formula is C33H32N4O2S. The molecule has 0 atom stereocenters. The molecule has 6 rings (SSSR count). The van der Waals surface area contributed by atoms with E-state index in [2.05, 4.69) is 48.0 Å². The van der Waals surface area contributed by atoms with Crippen molar-refractivity contribution in [2.75, 3.05) is 13.1 Å². The first-order chi connectivity index (χ1) is 19.5. The predicted octanol–water partition coefficient (Wildman–Crippen LogP) is 7.13. The monoisotopic (exact) mass is 548 g/mol. The highest BCUT2D eigenvalue weighted by molar-refractivity contribution is 8.18. The summed E-state index contributed by atoms with van der Waals surface area (Å²) in [6.45, 7) is 6.77. The first-order valence-electron chi connectivity index (χ1n) is 13.7. The van der Waals surface area contributed by atoms with Gasteiger partial charge in [-0.2, -0.15) is 10.1 Å². The van der Waals surface area contributed by atoms with Gasteiger partial charge in [0.25, 0.3) is 5.91 Å². The first-order valence-corrected chi connectivity index (χ1v) is 14.5. The molecule has 1 saturated heterocycles. The summed E-state index contributed by atoms with van der Waals surface area (Å²) in [6.07, 6.45) is 6.17. The fourth-order valence-corrected chi connectivity index (χ4v) is 5.82. The summed E-state index contributed by atoms with van der Waals surface area (Å²) >= 11 is 1.47. The molecule has 4 aromatic rings. The minimum absolute atomic E-state index is 0.183. The van der Waals surface area contributed by atoms with Gasteiger partial charge in [0, 0.05) is 30.4 Å². The number of hydrogen-bond acceptors (Lipinski definition) is 5. The number of para-hydroxylation sites is 1. The van der Waals surface area contributed by atoms with Crippen LogP contribution in [0, 0.1) is 12.8 Å². The number of likely N-dealkylation sites (tertiary alicyclic amines) is 1. The number of amides is 1. The molecule has 0 aliphatic carbocycles. The third kappa shape index (κ3) is 5.89. The third-order valence-electron chi connectivity index (χ3n) is 7.37. The number of carbonyl (C=O) groups excluding carboxylic acids is 1. The Hall–Kier alpha value is -4.10. The maximum atomic E-state index is 12.9. The number of amidine groups is 1. The van der Waals surface area contributed by atoms with Crippen molar-refractivity contribution in [3.63, 3.8) is 0 Å². The zero-order valence-corrected chi connectivity index (χ0v) is 23.6. The summed E-state index contributed by atoms with van der Waals surface area (Å²) < 4.78 is 7.88. The number of ether oxygens (including phenoxy) is 1. The molecule has 1 amide bonds. The van der Waals surface area contributed by atoms with Gasteiger partial charge in [-0.3, -0.25) is 4.79 Å². The van der Waals surface area contributed by atoms with Crippen LogP contribution >= 0.6 is 11.8 Å². The van der Waals surface area contributed by atoms with Crippen LogP contribution in [0.1, 0.15) is 36.5 Å². The van der Waals surface area contributed by atoms with Gasteiger partial charge in [-0.05, 0) is 85.5 Å². The van der Waals surface area contributed by atoms with Crippen LogP contribution in [0.25, 0.3) is 23.0 Å². The smallest absolute Gasteiger partial charge is 0.286 e. The molecule has 0 N–H and O–H groups in total. The standard InChI is InChI=1S/C33H32N4O2S/c1-23-8-10-25(11-9-23)22-39-29-14-12-26(13-15-29)31-27(21-37(35-31)28-6-4-3-5-7-28)20-30-32(38)34-33(40-30)36-18-16-24(2)17-19-36/h3-15,20-21,24H,16-19,22H2,1-2H3/b30-20-. The summed E-state index contributed by atoms with van der Waals surface area (Å²) in [4.78, 5) is 20.2. The van der Waals surface area contributed by atoms with Gasteiger partial charge >= 0.3 is 0 Å². The van der Waals surface area contributed by atoms with Gasteiger partial charge in [-0.1, -0.05) is 55.0 Å². The number of aromatic nitrogens is 2.